The van der Waals surface area contributed by atoms with Crippen molar-refractivity contribution < 1.29 is 17.6 Å². The summed E-state index contributed by atoms with van der Waals surface area (Å²) in [7, 11) is -1.96. The fourth-order valence-electron chi connectivity index (χ4n) is 3.53. The van der Waals surface area contributed by atoms with E-state index in [1.807, 2.05) is 37.4 Å². The number of rotatable bonds is 5. The van der Waals surface area contributed by atoms with Gasteiger partial charge in [0.15, 0.2) is 0 Å². The molecule has 1 atom stereocenters. The number of carbonyl (C=O) groups is 1. The lowest BCUT2D eigenvalue weighted by Gasteiger charge is -2.16. The molecule has 3 aromatic rings. The Kier molecular flexibility index (Phi) is 5.40. The van der Waals surface area contributed by atoms with E-state index in [1.54, 1.807) is 10.8 Å². The van der Waals surface area contributed by atoms with Gasteiger partial charge in [-0.1, -0.05) is 30.3 Å². The number of aromatic nitrogens is 2. The predicted molar refractivity (Wildman–Crippen MR) is 111 cm³/mol. The van der Waals surface area contributed by atoms with E-state index in [-0.39, 0.29) is 23.9 Å². The van der Waals surface area contributed by atoms with Gasteiger partial charge in [0.1, 0.15) is 5.82 Å². The molecule has 156 valence electrons. The van der Waals surface area contributed by atoms with Crippen LogP contribution in [0.15, 0.2) is 65.7 Å². The molecule has 0 bridgehead atoms. The molecule has 2 aromatic carbocycles. The second kappa shape index (κ2) is 8.00. The topological polar surface area (TPSA) is 84.3 Å². The van der Waals surface area contributed by atoms with Gasteiger partial charge in [0.05, 0.1) is 22.7 Å². The summed E-state index contributed by atoms with van der Waals surface area (Å²) in [5.41, 5.74) is 1.84. The van der Waals surface area contributed by atoms with Crippen molar-refractivity contribution >= 4 is 21.9 Å². The van der Waals surface area contributed by atoms with Crippen LogP contribution in [0.1, 0.15) is 6.42 Å². The summed E-state index contributed by atoms with van der Waals surface area (Å²) in [4.78, 5) is 17.0. The first kappa shape index (κ1) is 20.2. The van der Waals surface area contributed by atoms with Crippen LogP contribution in [0.3, 0.4) is 0 Å². The number of benzene rings is 2. The quantitative estimate of drug-likeness (QED) is 0.677. The minimum atomic E-state index is -3.77. The van der Waals surface area contributed by atoms with Crippen molar-refractivity contribution in [2.45, 2.75) is 11.3 Å². The summed E-state index contributed by atoms with van der Waals surface area (Å²) in [6.45, 7) is 0.301. The molecule has 0 aliphatic carbocycles. The van der Waals surface area contributed by atoms with Crippen LogP contribution in [0.4, 0.5) is 10.3 Å². The van der Waals surface area contributed by atoms with Gasteiger partial charge in [-0.2, -0.15) is 4.31 Å². The van der Waals surface area contributed by atoms with Gasteiger partial charge < -0.3 is 4.57 Å². The van der Waals surface area contributed by atoms with Crippen LogP contribution in [0, 0.1) is 11.7 Å². The molecule has 1 N–H and O–H groups in total. The average Bonchev–Trinajstić information content (AvgIpc) is 3.37. The fourth-order valence-corrected chi connectivity index (χ4v) is 5.03. The Morgan fingerprint density at radius 2 is 1.83 bits per heavy atom. The second-order valence-corrected chi connectivity index (χ2v) is 9.12. The highest BCUT2D eigenvalue weighted by Gasteiger charge is 2.36. The van der Waals surface area contributed by atoms with Crippen LogP contribution < -0.4 is 5.32 Å². The number of anilines is 1. The van der Waals surface area contributed by atoms with Gasteiger partial charge >= 0.3 is 0 Å². The minimum absolute atomic E-state index is 0.0153. The maximum atomic E-state index is 13.1. The maximum absolute atomic E-state index is 13.1. The molecule has 9 heteroatoms. The molecule has 4 rings (SSSR count). The lowest BCUT2D eigenvalue weighted by Crippen LogP contribution is -2.32. The zero-order valence-corrected chi connectivity index (χ0v) is 17.1. The Labute approximate surface area is 174 Å². The standard InChI is InChI=1S/C21H21FN4O3S/c1-25-19(15-5-3-2-4-6-15)13-23-21(25)24-20(27)16-11-12-26(14-16)30(28,29)18-9-7-17(22)8-10-18/h2-10,13,16H,11-12,14H2,1H3,(H,23,24,27)/t16-/m0/s1. The smallest absolute Gasteiger partial charge is 0.243 e. The van der Waals surface area contributed by atoms with Gasteiger partial charge in [0.25, 0.3) is 0 Å². The zero-order chi connectivity index (χ0) is 21.3. The Morgan fingerprint density at radius 1 is 1.13 bits per heavy atom. The van der Waals surface area contributed by atoms with E-state index in [2.05, 4.69) is 10.3 Å². The van der Waals surface area contributed by atoms with Crippen molar-refractivity contribution in [3.8, 4) is 11.3 Å². The van der Waals surface area contributed by atoms with Crippen molar-refractivity contribution in [3.63, 3.8) is 0 Å². The second-order valence-electron chi connectivity index (χ2n) is 7.18. The molecule has 1 saturated heterocycles. The van der Waals surface area contributed by atoms with Gasteiger partial charge in [-0.05, 0) is 36.2 Å². The Morgan fingerprint density at radius 3 is 2.53 bits per heavy atom. The summed E-state index contributed by atoms with van der Waals surface area (Å²) >= 11 is 0. The molecule has 1 aliphatic rings. The molecule has 1 aliphatic heterocycles. The number of nitrogens with zero attached hydrogens (tertiary/aromatic N) is 3. The highest BCUT2D eigenvalue weighted by atomic mass is 32.2. The minimum Gasteiger partial charge on any atom is -0.313 e. The molecule has 30 heavy (non-hydrogen) atoms. The van der Waals surface area contributed by atoms with Crippen molar-refractivity contribution in [1.29, 1.82) is 0 Å². The molecule has 0 unspecified atom stereocenters. The van der Waals surface area contributed by atoms with E-state index in [9.17, 15) is 17.6 Å². The van der Waals surface area contributed by atoms with E-state index in [0.717, 1.165) is 23.4 Å². The van der Waals surface area contributed by atoms with E-state index in [1.165, 1.54) is 16.4 Å². The van der Waals surface area contributed by atoms with Gasteiger partial charge in [-0.3, -0.25) is 10.1 Å². The summed E-state index contributed by atoms with van der Waals surface area (Å²) in [6.07, 6.45) is 2.09. The zero-order valence-electron chi connectivity index (χ0n) is 16.3. The van der Waals surface area contributed by atoms with Gasteiger partial charge in [-0.25, -0.2) is 17.8 Å². The van der Waals surface area contributed by atoms with Crippen LogP contribution >= 0.6 is 0 Å². The summed E-state index contributed by atoms with van der Waals surface area (Å²) < 4.78 is 41.6. The first-order valence-corrected chi connectivity index (χ1v) is 10.9. The molecular weight excluding hydrogens is 407 g/mol. The number of hydrogen-bond donors (Lipinski definition) is 1. The molecular formula is C21H21FN4O3S. The fraction of sp³-hybridized carbons (Fsp3) is 0.238. The normalized spacial score (nSPS) is 17.2. The van der Waals surface area contributed by atoms with Crippen LogP contribution in [-0.4, -0.2) is 41.3 Å². The first-order valence-electron chi connectivity index (χ1n) is 9.50. The highest BCUT2D eigenvalue weighted by molar-refractivity contribution is 7.89. The third kappa shape index (κ3) is 3.86. The molecule has 2 heterocycles. The summed E-state index contributed by atoms with van der Waals surface area (Å²) in [5.74, 6) is -0.867. The van der Waals surface area contributed by atoms with E-state index < -0.39 is 21.8 Å². The first-order chi connectivity index (χ1) is 14.4. The lowest BCUT2D eigenvalue weighted by molar-refractivity contribution is -0.119. The molecule has 0 saturated carbocycles. The number of sulfonamides is 1. The van der Waals surface area contributed by atoms with Crippen molar-refractivity contribution in [2.75, 3.05) is 18.4 Å². The number of carbonyl (C=O) groups excluding carboxylic acids is 1. The highest BCUT2D eigenvalue weighted by Crippen LogP contribution is 2.26. The predicted octanol–water partition coefficient (Wildman–Crippen LogP) is 2.88. The Hall–Kier alpha value is -3.04. The SMILES string of the molecule is Cn1c(-c2ccccc2)cnc1NC(=O)[C@H]1CCN(S(=O)(=O)c2ccc(F)cc2)C1. The average molecular weight is 428 g/mol. The van der Waals surface area contributed by atoms with E-state index in [0.29, 0.717) is 12.4 Å². The van der Waals surface area contributed by atoms with Crippen LogP contribution in [-0.2, 0) is 21.9 Å². The van der Waals surface area contributed by atoms with E-state index >= 15 is 0 Å². The Bertz CT molecular complexity index is 1160. The van der Waals surface area contributed by atoms with Gasteiger partial charge in [-0.15, -0.1) is 0 Å². The molecule has 1 aromatic heterocycles. The third-order valence-electron chi connectivity index (χ3n) is 5.27. The van der Waals surface area contributed by atoms with Gasteiger partial charge in [0.2, 0.25) is 21.9 Å². The Balaban J connectivity index is 1.45. The van der Waals surface area contributed by atoms with Crippen molar-refractivity contribution in [3.05, 3.63) is 66.6 Å². The summed E-state index contributed by atoms with van der Waals surface area (Å²) in [5, 5.41) is 2.80. The number of imidazole rings is 1. The molecule has 0 radical (unpaired) electrons. The monoisotopic (exact) mass is 428 g/mol. The molecule has 0 spiro atoms. The number of hydrogen-bond acceptors (Lipinski definition) is 4. The number of nitrogens with one attached hydrogen (secondary N) is 1. The number of amides is 1. The van der Waals surface area contributed by atoms with Crippen molar-refractivity contribution in [2.24, 2.45) is 13.0 Å². The molecule has 1 fully saturated rings. The maximum Gasteiger partial charge on any atom is 0.243 e. The third-order valence-corrected chi connectivity index (χ3v) is 7.15. The van der Waals surface area contributed by atoms with E-state index in [4.69, 9.17) is 0 Å². The number of halogens is 1. The van der Waals surface area contributed by atoms with Crippen LogP contribution in [0.5, 0.6) is 0 Å². The summed E-state index contributed by atoms with van der Waals surface area (Å²) in [6, 6.07) is 14.4. The molecule has 1 amide bonds. The van der Waals surface area contributed by atoms with Crippen LogP contribution in [0.2, 0.25) is 0 Å². The lowest BCUT2D eigenvalue weighted by atomic mass is 10.1. The van der Waals surface area contributed by atoms with Gasteiger partial charge in [0, 0.05) is 20.1 Å². The van der Waals surface area contributed by atoms with Crippen LogP contribution in [0.25, 0.3) is 11.3 Å². The largest absolute Gasteiger partial charge is 0.313 e. The van der Waals surface area contributed by atoms with Crippen molar-refractivity contribution in [1.82, 2.24) is 13.9 Å². The molecule has 7 nitrogen and oxygen atoms in total.